The number of hydrogen-bond acceptors (Lipinski definition) is 5. The Labute approximate surface area is 180 Å². The van der Waals surface area contributed by atoms with Crippen molar-refractivity contribution in [2.75, 3.05) is 38.1 Å². The van der Waals surface area contributed by atoms with E-state index in [1.165, 1.54) is 22.3 Å². The van der Waals surface area contributed by atoms with Gasteiger partial charge in [0.2, 0.25) is 0 Å². The monoisotopic (exact) mass is 423 g/mol. The van der Waals surface area contributed by atoms with Gasteiger partial charge in [0.15, 0.2) is 0 Å². The van der Waals surface area contributed by atoms with E-state index in [0.717, 1.165) is 18.7 Å². The highest BCUT2D eigenvalue weighted by molar-refractivity contribution is 8.26. The van der Waals surface area contributed by atoms with E-state index >= 15 is 0 Å². The van der Waals surface area contributed by atoms with Crippen LogP contribution in [0.15, 0.2) is 59.5 Å². The van der Waals surface area contributed by atoms with Gasteiger partial charge in [-0.15, -0.1) is 0 Å². The summed E-state index contributed by atoms with van der Waals surface area (Å²) in [4.78, 5) is 31.2. The normalized spacial score (nSPS) is 18.7. The van der Waals surface area contributed by atoms with E-state index < -0.39 is 0 Å². The van der Waals surface area contributed by atoms with Crippen molar-refractivity contribution in [3.05, 3.63) is 70.6 Å². The van der Waals surface area contributed by atoms with Crippen molar-refractivity contribution in [3.8, 4) is 0 Å². The molecule has 0 aromatic heterocycles. The Bertz CT molecular complexity index is 965. The second-order valence-corrected chi connectivity index (χ2v) is 8.65. The van der Waals surface area contributed by atoms with Crippen molar-refractivity contribution >= 4 is 51.9 Å². The lowest BCUT2D eigenvalue weighted by Gasteiger charge is -2.36. The Morgan fingerprint density at radius 3 is 2.24 bits per heavy atom. The van der Waals surface area contributed by atoms with Crippen molar-refractivity contribution in [1.29, 1.82) is 0 Å². The van der Waals surface area contributed by atoms with Crippen LogP contribution < -0.4 is 4.90 Å². The molecule has 0 unspecified atom stereocenters. The fraction of sp³-hybridized carbons (Fsp3) is 0.227. The van der Waals surface area contributed by atoms with Gasteiger partial charge >= 0.3 is 0 Å². The maximum absolute atomic E-state index is 12.8. The molecule has 2 aliphatic rings. The number of likely N-dealkylation sites (N-methyl/N-ethyl adjacent to an activating group) is 1. The van der Waals surface area contributed by atoms with Gasteiger partial charge in [0, 0.05) is 44.5 Å². The number of benzene rings is 2. The van der Waals surface area contributed by atoms with Crippen molar-refractivity contribution in [2.24, 2.45) is 0 Å². The number of nitrogens with zero attached hydrogens (tertiary/aromatic N) is 3. The first-order valence-corrected chi connectivity index (χ1v) is 10.7. The molecule has 0 saturated carbocycles. The van der Waals surface area contributed by atoms with Crippen LogP contribution in [0.5, 0.6) is 0 Å². The Morgan fingerprint density at radius 1 is 1.00 bits per heavy atom. The van der Waals surface area contributed by atoms with E-state index in [-0.39, 0.29) is 11.8 Å². The lowest BCUT2D eigenvalue weighted by Crippen LogP contribution is -2.48. The molecule has 5 nitrogen and oxygen atoms in total. The summed E-state index contributed by atoms with van der Waals surface area (Å²) >= 11 is 6.45. The van der Waals surface area contributed by atoms with Gasteiger partial charge in [-0.05, 0) is 35.9 Å². The van der Waals surface area contributed by atoms with Crippen LogP contribution in [0.1, 0.15) is 15.9 Å². The van der Waals surface area contributed by atoms with Crippen LogP contribution in [0.3, 0.4) is 0 Å². The average molecular weight is 424 g/mol. The molecular formula is C22H21N3O2S2. The second-order valence-electron chi connectivity index (χ2n) is 6.98. The minimum absolute atomic E-state index is 0.0455. The number of carbonyl (C=O) groups excluding carboxylic acids is 2. The molecule has 0 bridgehead atoms. The van der Waals surface area contributed by atoms with E-state index in [9.17, 15) is 9.59 Å². The number of rotatable bonds is 3. The van der Waals surface area contributed by atoms with E-state index in [4.69, 9.17) is 12.2 Å². The number of anilines is 1. The fourth-order valence-corrected chi connectivity index (χ4v) is 4.59. The average Bonchev–Trinajstić information content (AvgIpc) is 3.01. The molecule has 2 aromatic carbocycles. The van der Waals surface area contributed by atoms with Crippen LogP contribution in [0.2, 0.25) is 0 Å². The number of para-hydroxylation sites is 1. The Morgan fingerprint density at radius 2 is 1.66 bits per heavy atom. The molecule has 4 rings (SSSR count). The quantitative estimate of drug-likeness (QED) is 0.559. The first kappa shape index (κ1) is 19.7. The summed E-state index contributed by atoms with van der Waals surface area (Å²) < 4.78 is 0.558. The molecule has 0 aliphatic carbocycles. The Balaban J connectivity index is 1.39. The standard InChI is InChI=1S/C22H21N3O2S2/c1-23-21(27)19(29-22(23)28)15-16-7-9-17(10-8-16)20(26)25-13-11-24(12-14-25)18-5-3-2-4-6-18/h2-10,15H,11-14H2,1H3/b19-15+. The van der Waals surface area contributed by atoms with E-state index in [2.05, 4.69) is 17.0 Å². The van der Waals surface area contributed by atoms with Gasteiger partial charge in [0.05, 0.1) is 4.91 Å². The molecule has 0 atom stereocenters. The van der Waals surface area contributed by atoms with E-state index in [0.29, 0.717) is 27.9 Å². The molecule has 7 heteroatoms. The maximum atomic E-state index is 12.8. The van der Waals surface area contributed by atoms with E-state index in [1.807, 2.05) is 53.4 Å². The van der Waals surface area contributed by atoms with Crippen molar-refractivity contribution in [2.45, 2.75) is 0 Å². The van der Waals surface area contributed by atoms with Gasteiger partial charge in [-0.2, -0.15) is 0 Å². The predicted molar refractivity (Wildman–Crippen MR) is 122 cm³/mol. The highest BCUT2D eigenvalue weighted by atomic mass is 32.2. The van der Waals surface area contributed by atoms with Crippen LogP contribution in [-0.4, -0.2) is 59.2 Å². The molecule has 29 heavy (non-hydrogen) atoms. The number of hydrogen-bond donors (Lipinski definition) is 0. The van der Waals surface area contributed by atoms with Gasteiger partial charge in [0.25, 0.3) is 11.8 Å². The van der Waals surface area contributed by atoms with Crippen LogP contribution in [0.25, 0.3) is 6.08 Å². The molecule has 2 amide bonds. The third-order valence-electron chi connectivity index (χ3n) is 5.13. The largest absolute Gasteiger partial charge is 0.368 e. The minimum Gasteiger partial charge on any atom is -0.368 e. The van der Waals surface area contributed by atoms with Crippen LogP contribution in [0, 0.1) is 0 Å². The summed E-state index contributed by atoms with van der Waals surface area (Å²) in [6.07, 6.45) is 1.82. The summed E-state index contributed by atoms with van der Waals surface area (Å²) in [5.74, 6) is -0.0411. The third kappa shape index (κ3) is 4.21. The molecule has 0 N–H and O–H groups in total. The molecular weight excluding hydrogens is 402 g/mol. The molecule has 2 heterocycles. The number of thioether (sulfide) groups is 1. The van der Waals surface area contributed by atoms with Gasteiger partial charge in [-0.25, -0.2) is 0 Å². The first-order chi connectivity index (χ1) is 14.0. The number of carbonyl (C=O) groups is 2. The lowest BCUT2D eigenvalue weighted by molar-refractivity contribution is -0.121. The van der Waals surface area contributed by atoms with E-state index in [1.54, 1.807) is 7.05 Å². The molecule has 2 aromatic rings. The van der Waals surface area contributed by atoms with Gasteiger partial charge in [-0.3, -0.25) is 14.5 Å². The molecule has 2 aliphatic heterocycles. The SMILES string of the molecule is CN1C(=O)/C(=C\c2ccc(C(=O)N3CCN(c4ccccc4)CC3)cc2)SC1=S. The summed E-state index contributed by atoms with van der Waals surface area (Å²) in [5.41, 5.74) is 2.74. The van der Waals surface area contributed by atoms with Crippen molar-refractivity contribution < 1.29 is 9.59 Å². The lowest BCUT2D eigenvalue weighted by atomic mass is 10.1. The summed E-state index contributed by atoms with van der Waals surface area (Å²) in [6.45, 7) is 3.06. The minimum atomic E-state index is -0.0866. The third-order valence-corrected chi connectivity index (χ3v) is 6.61. The van der Waals surface area contributed by atoms with Crippen LogP contribution in [0.4, 0.5) is 5.69 Å². The van der Waals surface area contributed by atoms with Crippen LogP contribution >= 0.6 is 24.0 Å². The number of amides is 2. The second kappa shape index (κ2) is 8.39. The topological polar surface area (TPSA) is 43.9 Å². The van der Waals surface area contributed by atoms with Gasteiger partial charge < -0.3 is 9.80 Å². The molecule has 2 fully saturated rings. The predicted octanol–water partition coefficient (Wildman–Crippen LogP) is 3.48. The highest BCUT2D eigenvalue weighted by Gasteiger charge is 2.28. The summed E-state index contributed by atoms with van der Waals surface area (Å²) in [5, 5.41) is 0. The van der Waals surface area contributed by atoms with Gasteiger partial charge in [-0.1, -0.05) is 54.3 Å². The van der Waals surface area contributed by atoms with Crippen molar-refractivity contribution in [1.82, 2.24) is 9.80 Å². The zero-order chi connectivity index (χ0) is 20.4. The number of thiocarbonyl (C=S) groups is 1. The highest BCUT2D eigenvalue weighted by Crippen LogP contribution is 2.31. The molecule has 0 spiro atoms. The molecule has 0 radical (unpaired) electrons. The zero-order valence-corrected chi connectivity index (χ0v) is 17.7. The molecule has 148 valence electrons. The maximum Gasteiger partial charge on any atom is 0.265 e. The molecule has 2 saturated heterocycles. The smallest absolute Gasteiger partial charge is 0.265 e. The summed E-state index contributed by atoms with van der Waals surface area (Å²) in [7, 11) is 1.68. The number of piperazine rings is 1. The van der Waals surface area contributed by atoms with Gasteiger partial charge in [0.1, 0.15) is 4.32 Å². The Kier molecular flexibility index (Phi) is 5.69. The first-order valence-electron chi connectivity index (χ1n) is 9.44. The fourth-order valence-electron chi connectivity index (χ4n) is 3.41. The van der Waals surface area contributed by atoms with Crippen LogP contribution in [-0.2, 0) is 4.79 Å². The Hall–Kier alpha value is -2.64. The summed E-state index contributed by atoms with van der Waals surface area (Å²) in [6, 6.07) is 17.7. The zero-order valence-electron chi connectivity index (χ0n) is 16.1. The van der Waals surface area contributed by atoms with Crippen molar-refractivity contribution in [3.63, 3.8) is 0 Å².